The van der Waals surface area contributed by atoms with Crippen molar-refractivity contribution in [3.8, 4) is 0 Å². The second kappa shape index (κ2) is 7.40. The first-order valence-corrected chi connectivity index (χ1v) is 7.35. The Hall–Kier alpha value is -1.89. The first-order valence-electron chi connectivity index (χ1n) is 6.19. The Bertz CT molecular complexity index is 708. The number of non-ortho nitro benzene ring substituents is 1. The first kappa shape index (κ1) is 16.5. The van der Waals surface area contributed by atoms with E-state index in [0.29, 0.717) is 27.4 Å². The van der Waals surface area contributed by atoms with Crippen molar-refractivity contribution < 1.29 is 4.92 Å². The molecule has 0 aliphatic carbocycles. The third-order valence-corrected chi connectivity index (χ3v) is 3.76. The van der Waals surface area contributed by atoms with E-state index in [0.717, 1.165) is 5.56 Å². The summed E-state index contributed by atoms with van der Waals surface area (Å²) >= 11 is 16.9. The lowest BCUT2D eigenvalue weighted by Gasteiger charge is -2.11. The molecular formula is C14H11Cl2N3O2S. The van der Waals surface area contributed by atoms with Gasteiger partial charge in [0.1, 0.15) is 0 Å². The molecule has 2 N–H and O–H groups in total. The van der Waals surface area contributed by atoms with E-state index >= 15 is 0 Å². The number of benzene rings is 2. The molecule has 0 saturated carbocycles. The Balaban J connectivity index is 1.89. The highest BCUT2D eigenvalue weighted by atomic mass is 35.5. The van der Waals surface area contributed by atoms with Gasteiger partial charge in [0.15, 0.2) is 5.11 Å². The lowest BCUT2D eigenvalue weighted by Crippen LogP contribution is -2.27. The third kappa shape index (κ3) is 4.56. The average Bonchev–Trinajstić information content (AvgIpc) is 2.49. The van der Waals surface area contributed by atoms with E-state index in [4.69, 9.17) is 35.4 Å². The van der Waals surface area contributed by atoms with Crippen LogP contribution in [0.3, 0.4) is 0 Å². The highest BCUT2D eigenvalue weighted by molar-refractivity contribution is 7.80. The van der Waals surface area contributed by atoms with Crippen LogP contribution in [0, 0.1) is 10.1 Å². The number of anilines is 1. The number of halogens is 2. The smallest absolute Gasteiger partial charge is 0.269 e. The van der Waals surface area contributed by atoms with E-state index in [1.54, 1.807) is 24.3 Å². The Morgan fingerprint density at radius 1 is 1.14 bits per heavy atom. The number of rotatable bonds is 4. The van der Waals surface area contributed by atoms with E-state index < -0.39 is 4.92 Å². The Morgan fingerprint density at radius 2 is 1.82 bits per heavy atom. The second-order valence-corrected chi connectivity index (χ2v) is 5.58. The Morgan fingerprint density at radius 3 is 2.41 bits per heavy atom. The molecule has 2 rings (SSSR count). The summed E-state index contributed by atoms with van der Waals surface area (Å²) in [5.41, 5.74) is 1.62. The zero-order chi connectivity index (χ0) is 16.1. The van der Waals surface area contributed by atoms with Crippen molar-refractivity contribution in [1.82, 2.24) is 5.32 Å². The van der Waals surface area contributed by atoms with E-state index in [-0.39, 0.29) is 5.69 Å². The van der Waals surface area contributed by atoms with Gasteiger partial charge in [-0.15, -0.1) is 0 Å². The molecule has 0 amide bonds. The number of hydrogen-bond donors (Lipinski definition) is 2. The number of nitro groups is 1. The number of nitrogens with one attached hydrogen (secondary N) is 2. The zero-order valence-corrected chi connectivity index (χ0v) is 13.5. The fourth-order valence-electron chi connectivity index (χ4n) is 1.67. The molecule has 2 aromatic carbocycles. The van der Waals surface area contributed by atoms with Crippen LogP contribution in [0.5, 0.6) is 0 Å². The summed E-state index contributed by atoms with van der Waals surface area (Å²) in [7, 11) is 0. The molecule has 0 aliphatic rings. The minimum atomic E-state index is -0.454. The quantitative estimate of drug-likeness (QED) is 0.483. The van der Waals surface area contributed by atoms with Crippen LogP contribution < -0.4 is 10.6 Å². The lowest BCUT2D eigenvalue weighted by atomic mass is 10.2. The molecule has 0 saturated heterocycles. The van der Waals surface area contributed by atoms with Crippen molar-refractivity contribution in [2.45, 2.75) is 6.54 Å². The van der Waals surface area contributed by atoms with Gasteiger partial charge in [-0.1, -0.05) is 29.3 Å². The molecule has 0 unspecified atom stereocenters. The van der Waals surface area contributed by atoms with Crippen molar-refractivity contribution in [3.63, 3.8) is 0 Å². The molecule has 0 aliphatic heterocycles. The summed E-state index contributed by atoms with van der Waals surface area (Å²) in [6.45, 7) is 0.482. The molecule has 8 heteroatoms. The third-order valence-electron chi connectivity index (χ3n) is 2.77. The summed E-state index contributed by atoms with van der Waals surface area (Å²) in [6.07, 6.45) is 0. The van der Waals surface area contributed by atoms with Gasteiger partial charge in [-0.25, -0.2) is 0 Å². The maximum absolute atomic E-state index is 10.6. The molecule has 5 nitrogen and oxygen atoms in total. The number of nitrogens with zero attached hydrogens (tertiary/aromatic N) is 1. The molecule has 0 spiro atoms. The van der Waals surface area contributed by atoms with Gasteiger partial charge < -0.3 is 10.6 Å². The van der Waals surface area contributed by atoms with Crippen molar-refractivity contribution in [3.05, 3.63) is 68.2 Å². The largest absolute Gasteiger partial charge is 0.358 e. The minimum absolute atomic E-state index is 0.0280. The highest BCUT2D eigenvalue weighted by Gasteiger charge is 2.05. The fraction of sp³-hybridized carbons (Fsp3) is 0.0714. The molecule has 0 heterocycles. The van der Waals surface area contributed by atoms with Gasteiger partial charge >= 0.3 is 0 Å². The molecule has 0 bridgehead atoms. The topological polar surface area (TPSA) is 67.2 Å². The monoisotopic (exact) mass is 355 g/mol. The molecule has 2 aromatic rings. The predicted octanol–water partition coefficient (Wildman–Crippen LogP) is 4.39. The van der Waals surface area contributed by atoms with Gasteiger partial charge in [0.25, 0.3) is 5.69 Å². The number of nitro benzene ring substituents is 1. The SMILES string of the molecule is O=[N+]([O-])c1ccc(NC(=S)NCc2ccc(Cl)c(Cl)c2)cc1. The molecular weight excluding hydrogens is 345 g/mol. The Kier molecular flexibility index (Phi) is 5.54. The molecule has 0 aromatic heterocycles. The van der Waals surface area contributed by atoms with E-state index in [1.807, 2.05) is 6.07 Å². The van der Waals surface area contributed by atoms with Crippen LogP contribution in [-0.2, 0) is 6.54 Å². The molecule has 0 fully saturated rings. The molecule has 0 atom stereocenters. The summed E-state index contributed by atoms with van der Waals surface area (Å²) in [5.74, 6) is 0. The lowest BCUT2D eigenvalue weighted by molar-refractivity contribution is -0.384. The maximum atomic E-state index is 10.6. The van der Waals surface area contributed by atoms with Crippen molar-refractivity contribution in [1.29, 1.82) is 0 Å². The van der Waals surface area contributed by atoms with Crippen molar-refractivity contribution in [2.24, 2.45) is 0 Å². The van der Waals surface area contributed by atoms with E-state index in [9.17, 15) is 10.1 Å². The van der Waals surface area contributed by atoms with Crippen molar-refractivity contribution in [2.75, 3.05) is 5.32 Å². The van der Waals surface area contributed by atoms with Gasteiger partial charge in [-0.2, -0.15) is 0 Å². The van der Waals surface area contributed by atoms with E-state index in [2.05, 4.69) is 10.6 Å². The predicted molar refractivity (Wildman–Crippen MR) is 92.6 cm³/mol. The Labute approximate surface area is 142 Å². The van der Waals surface area contributed by atoms with Crippen molar-refractivity contribution >= 4 is 51.9 Å². The molecule has 114 valence electrons. The normalized spacial score (nSPS) is 10.1. The average molecular weight is 356 g/mol. The van der Waals surface area contributed by atoms with Gasteiger partial charge in [0.2, 0.25) is 0 Å². The first-order chi connectivity index (χ1) is 10.5. The minimum Gasteiger partial charge on any atom is -0.358 e. The van der Waals surface area contributed by atoms with Gasteiger partial charge in [0.05, 0.1) is 15.0 Å². The molecule has 0 radical (unpaired) electrons. The van der Waals surface area contributed by atoms with Crippen LogP contribution in [0.1, 0.15) is 5.56 Å². The second-order valence-electron chi connectivity index (χ2n) is 4.36. The summed E-state index contributed by atoms with van der Waals surface area (Å²) in [4.78, 5) is 10.1. The maximum Gasteiger partial charge on any atom is 0.269 e. The van der Waals surface area contributed by atoms with Crippen LogP contribution >= 0.6 is 35.4 Å². The van der Waals surface area contributed by atoms with Crippen LogP contribution in [0.2, 0.25) is 10.0 Å². The van der Waals surface area contributed by atoms with Crippen LogP contribution in [0.4, 0.5) is 11.4 Å². The van der Waals surface area contributed by atoms with Gasteiger partial charge in [0, 0.05) is 24.4 Å². The summed E-state index contributed by atoms with van der Waals surface area (Å²) in [5, 5.41) is 17.9. The molecule has 22 heavy (non-hydrogen) atoms. The van der Waals surface area contributed by atoms with Gasteiger partial charge in [-0.05, 0) is 42.0 Å². The number of hydrogen-bond acceptors (Lipinski definition) is 3. The summed E-state index contributed by atoms with van der Waals surface area (Å²) in [6, 6.07) is 11.3. The highest BCUT2D eigenvalue weighted by Crippen LogP contribution is 2.22. The van der Waals surface area contributed by atoms with E-state index in [1.165, 1.54) is 12.1 Å². The standard InChI is InChI=1S/C14H11Cl2N3O2S/c15-12-6-1-9(7-13(12)16)8-17-14(22)18-10-2-4-11(5-3-10)19(20)21/h1-7H,8H2,(H2,17,18,22). The summed E-state index contributed by atoms with van der Waals surface area (Å²) < 4.78 is 0. The van der Waals surface area contributed by atoms with Gasteiger partial charge in [-0.3, -0.25) is 10.1 Å². The number of thiocarbonyl (C=S) groups is 1. The van der Waals surface area contributed by atoms with Crippen LogP contribution in [-0.4, -0.2) is 10.0 Å². The van der Waals surface area contributed by atoms with Crippen LogP contribution in [0.25, 0.3) is 0 Å². The fourth-order valence-corrected chi connectivity index (χ4v) is 2.18. The zero-order valence-electron chi connectivity index (χ0n) is 11.2. The van der Waals surface area contributed by atoms with Crippen LogP contribution in [0.15, 0.2) is 42.5 Å².